The van der Waals surface area contributed by atoms with E-state index in [1.54, 1.807) is 7.11 Å². The first kappa shape index (κ1) is 15.8. The maximum Gasteiger partial charge on any atom is 0.322 e. The molecular formula is C14H25N5O2. The van der Waals surface area contributed by atoms with Gasteiger partial charge in [-0.3, -0.25) is 0 Å². The standard InChI is InChI=1S/C14H25N5O2/c1-3-21-11-8-15-12-16-13(18-14(17-12)20-2)19-9-6-4-5-7-10-19/h3-11H2,1-2H3,(H,15,16,17,18). The quantitative estimate of drug-likeness (QED) is 0.768. The number of rotatable bonds is 7. The highest BCUT2D eigenvalue weighted by Gasteiger charge is 2.15. The highest BCUT2D eigenvalue weighted by Crippen LogP contribution is 2.18. The molecule has 1 N–H and O–H groups in total. The van der Waals surface area contributed by atoms with Crippen LogP contribution in [0.25, 0.3) is 0 Å². The molecule has 0 spiro atoms. The Morgan fingerprint density at radius 1 is 1.10 bits per heavy atom. The summed E-state index contributed by atoms with van der Waals surface area (Å²) in [6, 6.07) is 0.350. The van der Waals surface area contributed by atoms with Crippen LogP contribution < -0.4 is 15.0 Å². The summed E-state index contributed by atoms with van der Waals surface area (Å²) in [6.07, 6.45) is 4.92. The van der Waals surface area contributed by atoms with E-state index < -0.39 is 0 Å². The van der Waals surface area contributed by atoms with Crippen LogP contribution in [0.15, 0.2) is 0 Å². The van der Waals surface area contributed by atoms with Crippen LogP contribution in [0.3, 0.4) is 0 Å². The lowest BCUT2D eigenvalue weighted by Crippen LogP contribution is -2.27. The largest absolute Gasteiger partial charge is 0.467 e. The molecule has 0 amide bonds. The van der Waals surface area contributed by atoms with E-state index in [-0.39, 0.29) is 0 Å². The molecule has 0 unspecified atom stereocenters. The van der Waals surface area contributed by atoms with E-state index in [0.29, 0.717) is 37.7 Å². The van der Waals surface area contributed by atoms with Crippen LogP contribution in [-0.4, -0.2) is 54.9 Å². The fourth-order valence-electron chi connectivity index (χ4n) is 2.31. The summed E-state index contributed by atoms with van der Waals surface area (Å²) in [5.41, 5.74) is 0. The molecule has 2 heterocycles. The van der Waals surface area contributed by atoms with Crippen LogP contribution >= 0.6 is 0 Å². The van der Waals surface area contributed by atoms with E-state index in [0.717, 1.165) is 13.1 Å². The molecule has 1 aromatic rings. The second-order valence-electron chi connectivity index (χ2n) is 4.97. The molecular weight excluding hydrogens is 270 g/mol. The van der Waals surface area contributed by atoms with Crippen LogP contribution in [-0.2, 0) is 4.74 Å². The van der Waals surface area contributed by atoms with Gasteiger partial charge in [-0.1, -0.05) is 12.8 Å². The van der Waals surface area contributed by atoms with Crippen LogP contribution in [0.4, 0.5) is 11.9 Å². The van der Waals surface area contributed by atoms with Crippen molar-refractivity contribution in [3.63, 3.8) is 0 Å². The van der Waals surface area contributed by atoms with Gasteiger partial charge in [-0.15, -0.1) is 0 Å². The smallest absolute Gasteiger partial charge is 0.322 e. The van der Waals surface area contributed by atoms with Crippen molar-refractivity contribution in [3.8, 4) is 6.01 Å². The number of nitrogens with zero attached hydrogens (tertiary/aromatic N) is 4. The molecule has 7 nitrogen and oxygen atoms in total. The van der Waals surface area contributed by atoms with E-state index in [2.05, 4.69) is 25.2 Å². The number of nitrogens with one attached hydrogen (secondary N) is 1. The molecule has 0 aromatic carbocycles. The Labute approximate surface area is 126 Å². The molecule has 1 saturated heterocycles. The van der Waals surface area contributed by atoms with Crippen molar-refractivity contribution in [1.82, 2.24) is 15.0 Å². The molecule has 1 aliphatic heterocycles. The summed E-state index contributed by atoms with van der Waals surface area (Å²) in [5.74, 6) is 1.24. The van der Waals surface area contributed by atoms with Crippen LogP contribution in [0.5, 0.6) is 6.01 Å². The molecule has 1 fully saturated rings. The monoisotopic (exact) mass is 295 g/mol. The second-order valence-corrected chi connectivity index (χ2v) is 4.97. The lowest BCUT2D eigenvalue weighted by molar-refractivity contribution is 0.158. The fourth-order valence-corrected chi connectivity index (χ4v) is 2.31. The van der Waals surface area contributed by atoms with Gasteiger partial charge in [0, 0.05) is 26.2 Å². The molecule has 1 aliphatic rings. The van der Waals surface area contributed by atoms with Crippen LogP contribution in [0.2, 0.25) is 0 Å². The molecule has 7 heteroatoms. The number of hydrogen-bond donors (Lipinski definition) is 1. The van der Waals surface area contributed by atoms with Gasteiger partial charge in [0.25, 0.3) is 0 Å². The van der Waals surface area contributed by atoms with Crippen molar-refractivity contribution in [2.45, 2.75) is 32.6 Å². The van der Waals surface area contributed by atoms with E-state index in [1.807, 2.05) is 6.92 Å². The van der Waals surface area contributed by atoms with Crippen molar-refractivity contribution >= 4 is 11.9 Å². The zero-order chi connectivity index (χ0) is 14.9. The van der Waals surface area contributed by atoms with Gasteiger partial charge in [-0.2, -0.15) is 15.0 Å². The predicted molar refractivity (Wildman–Crippen MR) is 82.0 cm³/mol. The fraction of sp³-hybridized carbons (Fsp3) is 0.786. The predicted octanol–water partition coefficient (Wildman–Crippen LogP) is 1.71. The molecule has 2 rings (SSSR count). The maximum absolute atomic E-state index is 5.30. The first-order valence-corrected chi connectivity index (χ1v) is 7.70. The number of methoxy groups -OCH3 is 1. The number of anilines is 2. The third-order valence-corrected chi connectivity index (χ3v) is 3.41. The first-order valence-electron chi connectivity index (χ1n) is 7.70. The molecule has 0 atom stereocenters. The summed E-state index contributed by atoms with van der Waals surface area (Å²) in [6.45, 7) is 5.96. The second kappa shape index (κ2) is 8.61. The Kier molecular flexibility index (Phi) is 6.46. The van der Waals surface area contributed by atoms with Crippen molar-refractivity contribution in [2.24, 2.45) is 0 Å². The summed E-state index contributed by atoms with van der Waals surface area (Å²) in [7, 11) is 1.57. The van der Waals surface area contributed by atoms with Crippen LogP contribution in [0, 0.1) is 0 Å². The molecule has 0 bridgehead atoms. The Morgan fingerprint density at radius 3 is 2.52 bits per heavy atom. The minimum atomic E-state index is 0.350. The summed E-state index contributed by atoms with van der Waals surface area (Å²) < 4.78 is 10.5. The van der Waals surface area contributed by atoms with Gasteiger partial charge in [0.1, 0.15) is 0 Å². The zero-order valence-corrected chi connectivity index (χ0v) is 13.0. The normalized spacial score (nSPS) is 15.6. The topological polar surface area (TPSA) is 72.4 Å². The van der Waals surface area contributed by atoms with Gasteiger partial charge >= 0.3 is 6.01 Å². The average molecular weight is 295 g/mol. The minimum absolute atomic E-state index is 0.350. The molecule has 0 radical (unpaired) electrons. The minimum Gasteiger partial charge on any atom is -0.467 e. The number of hydrogen-bond acceptors (Lipinski definition) is 7. The lowest BCUT2D eigenvalue weighted by Gasteiger charge is -2.20. The van der Waals surface area contributed by atoms with E-state index in [1.165, 1.54) is 25.7 Å². The highest BCUT2D eigenvalue weighted by molar-refractivity contribution is 5.38. The molecule has 21 heavy (non-hydrogen) atoms. The lowest BCUT2D eigenvalue weighted by atomic mass is 10.2. The molecule has 1 aromatic heterocycles. The van der Waals surface area contributed by atoms with Crippen molar-refractivity contribution < 1.29 is 9.47 Å². The van der Waals surface area contributed by atoms with Crippen molar-refractivity contribution in [1.29, 1.82) is 0 Å². The third kappa shape index (κ3) is 5.00. The summed E-state index contributed by atoms with van der Waals surface area (Å²) in [5, 5.41) is 3.16. The Bertz CT molecular complexity index is 422. The van der Waals surface area contributed by atoms with Gasteiger partial charge in [0.2, 0.25) is 11.9 Å². The van der Waals surface area contributed by atoms with Crippen molar-refractivity contribution in [2.75, 3.05) is 50.2 Å². The first-order chi connectivity index (χ1) is 10.3. The van der Waals surface area contributed by atoms with Gasteiger partial charge in [0.15, 0.2) is 0 Å². The average Bonchev–Trinajstić information content (AvgIpc) is 2.80. The maximum atomic E-state index is 5.30. The van der Waals surface area contributed by atoms with E-state index in [4.69, 9.17) is 9.47 Å². The van der Waals surface area contributed by atoms with Gasteiger partial charge in [-0.05, 0) is 19.8 Å². The third-order valence-electron chi connectivity index (χ3n) is 3.41. The van der Waals surface area contributed by atoms with E-state index >= 15 is 0 Å². The van der Waals surface area contributed by atoms with Gasteiger partial charge in [-0.25, -0.2) is 0 Å². The van der Waals surface area contributed by atoms with Crippen LogP contribution in [0.1, 0.15) is 32.6 Å². The SMILES string of the molecule is CCOCCNc1nc(OC)nc(N2CCCCCC2)n1. The Balaban J connectivity index is 2.05. The van der Waals surface area contributed by atoms with Crippen molar-refractivity contribution in [3.05, 3.63) is 0 Å². The Morgan fingerprint density at radius 2 is 1.86 bits per heavy atom. The molecule has 0 aliphatic carbocycles. The summed E-state index contributed by atoms with van der Waals surface area (Å²) in [4.78, 5) is 15.3. The number of ether oxygens (including phenoxy) is 2. The highest BCUT2D eigenvalue weighted by atomic mass is 16.5. The Hall–Kier alpha value is -1.63. The summed E-state index contributed by atoms with van der Waals surface area (Å²) >= 11 is 0. The van der Waals surface area contributed by atoms with Gasteiger partial charge < -0.3 is 19.7 Å². The molecule has 0 saturated carbocycles. The van der Waals surface area contributed by atoms with E-state index in [9.17, 15) is 0 Å². The van der Waals surface area contributed by atoms with Gasteiger partial charge in [0.05, 0.1) is 13.7 Å². The molecule has 118 valence electrons. The zero-order valence-electron chi connectivity index (χ0n) is 13.0. The number of aromatic nitrogens is 3.